The van der Waals surface area contributed by atoms with Gasteiger partial charge in [-0.15, -0.1) is 24.8 Å². The number of hydrogen-bond acceptors (Lipinski definition) is 3. The van der Waals surface area contributed by atoms with Gasteiger partial charge in [-0.3, -0.25) is 4.90 Å². The molecule has 0 spiro atoms. The third-order valence-corrected chi connectivity index (χ3v) is 5.58. The summed E-state index contributed by atoms with van der Waals surface area (Å²) in [5.41, 5.74) is 1.07. The third kappa shape index (κ3) is 4.31. The van der Waals surface area contributed by atoms with Gasteiger partial charge >= 0.3 is 0 Å². The molecule has 1 atom stereocenters. The molecule has 1 saturated carbocycles. The standard InChI is InChI=1S/C15H20Br2N2O.2ClH/c16-11-8-12(15(20)13(17)9-11)14(10-2-1-3-10)19-6-4-18-5-7-19;;/h8-10,14,18,20H,1-7H2;2*1H/t14-;;/m1../s1. The van der Waals surface area contributed by atoms with Gasteiger partial charge in [0.05, 0.1) is 4.47 Å². The van der Waals surface area contributed by atoms with Crippen LogP contribution >= 0.6 is 56.7 Å². The molecule has 0 amide bonds. The van der Waals surface area contributed by atoms with Crippen molar-refractivity contribution in [3.8, 4) is 5.75 Å². The molecule has 3 nitrogen and oxygen atoms in total. The molecule has 126 valence electrons. The summed E-state index contributed by atoms with van der Waals surface area (Å²) in [5.74, 6) is 1.09. The smallest absolute Gasteiger partial charge is 0.134 e. The summed E-state index contributed by atoms with van der Waals surface area (Å²) in [6.07, 6.45) is 3.87. The molecular weight excluding hydrogens is 455 g/mol. The summed E-state index contributed by atoms with van der Waals surface area (Å²) < 4.78 is 1.80. The summed E-state index contributed by atoms with van der Waals surface area (Å²) in [6.45, 7) is 4.20. The fourth-order valence-electron chi connectivity index (χ4n) is 3.28. The molecule has 7 heteroatoms. The van der Waals surface area contributed by atoms with E-state index in [-0.39, 0.29) is 24.8 Å². The van der Waals surface area contributed by atoms with E-state index in [4.69, 9.17) is 0 Å². The number of nitrogens with zero attached hydrogens (tertiary/aromatic N) is 1. The molecule has 1 aliphatic carbocycles. The van der Waals surface area contributed by atoms with Gasteiger partial charge in [0.15, 0.2) is 0 Å². The highest BCUT2D eigenvalue weighted by Gasteiger charge is 2.35. The molecule has 1 aromatic carbocycles. The number of benzene rings is 1. The van der Waals surface area contributed by atoms with E-state index in [2.05, 4.69) is 48.1 Å². The SMILES string of the molecule is Cl.Cl.Oc1c(Br)cc(Br)cc1[C@@H](C1CCC1)N1CCNCC1. The van der Waals surface area contributed by atoms with Crippen molar-refractivity contribution < 1.29 is 5.11 Å². The van der Waals surface area contributed by atoms with E-state index in [1.807, 2.05) is 6.07 Å². The predicted molar refractivity (Wildman–Crippen MR) is 103 cm³/mol. The first-order valence-electron chi connectivity index (χ1n) is 7.29. The molecule has 1 aliphatic heterocycles. The molecule has 2 N–H and O–H groups in total. The van der Waals surface area contributed by atoms with Crippen LogP contribution in [0, 0.1) is 5.92 Å². The van der Waals surface area contributed by atoms with Crippen molar-refractivity contribution in [1.29, 1.82) is 0 Å². The Kier molecular flexibility index (Phi) is 8.48. The van der Waals surface area contributed by atoms with Crippen molar-refractivity contribution in [3.05, 3.63) is 26.6 Å². The van der Waals surface area contributed by atoms with Crippen molar-refractivity contribution in [1.82, 2.24) is 10.2 Å². The minimum atomic E-state index is 0. The molecule has 0 unspecified atom stereocenters. The second kappa shape index (κ2) is 9.09. The number of aromatic hydroxyl groups is 1. The Morgan fingerprint density at radius 3 is 2.32 bits per heavy atom. The highest BCUT2D eigenvalue weighted by Crippen LogP contribution is 2.46. The fraction of sp³-hybridized carbons (Fsp3) is 0.600. The zero-order valence-electron chi connectivity index (χ0n) is 12.2. The van der Waals surface area contributed by atoms with Gasteiger partial charge in [0, 0.05) is 42.3 Å². The van der Waals surface area contributed by atoms with Crippen LogP contribution in [0.5, 0.6) is 5.75 Å². The molecule has 0 radical (unpaired) electrons. The maximum Gasteiger partial charge on any atom is 0.134 e. The third-order valence-electron chi connectivity index (χ3n) is 4.52. The Bertz CT molecular complexity index is 495. The lowest BCUT2D eigenvalue weighted by atomic mass is 9.76. The van der Waals surface area contributed by atoms with Crippen LogP contribution in [0.2, 0.25) is 0 Å². The molecular formula is C15H22Br2Cl2N2O. The minimum absolute atomic E-state index is 0. The molecule has 2 aliphatic rings. The van der Waals surface area contributed by atoms with Gasteiger partial charge in [0.1, 0.15) is 5.75 Å². The van der Waals surface area contributed by atoms with Crippen molar-refractivity contribution >= 4 is 56.7 Å². The number of piperazine rings is 1. The molecule has 0 aromatic heterocycles. The van der Waals surface area contributed by atoms with Crippen LogP contribution in [-0.4, -0.2) is 36.2 Å². The van der Waals surface area contributed by atoms with E-state index in [9.17, 15) is 5.11 Å². The van der Waals surface area contributed by atoms with Gasteiger partial charge in [-0.2, -0.15) is 0 Å². The first kappa shape index (κ1) is 20.5. The van der Waals surface area contributed by atoms with Crippen LogP contribution in [0.15, 0.2) is 21.1 Å². The maximum absolute atomic E-state index is 10.5. The van der Waals surface area contributed by atoms with E-state index >= 15 is 0 Å². The summed E-state index contributed by atoms with van der Waals surface area (Å²) in [4.78, 5) is 2.54. The number of phenolic OH excluding ortho intramolecular Hbond substituents is 1. The van der Waals surface area contributed by atoms with Crippen LogP contribution in [0.4, 0.5) is 0 Å². The molecule has 0 bridgehead atoms. The van der Waals surface area contributed by atoms with Gasteiger partial charge in [0.2, 0.25) is 0 Å². The lowest BCUT2D eigenvalue weighted by molar-refractivity contribution is 0.0818. The van der Waals surface area contributed by atoms with Gasteiger partial charge in [0.25, 0.3) is 0 Å². The molecule has 22 heavy (non-hydrogen) atoms. The van der Waals surface area contributed by atoms with Crippen molar-refractivity contribution in [2.45, 2.75) is 25.3 Å². The van der Waals surface area contributed by atoms with E-state index in [0.717, 1.165) is 40.7 Å². The summed E-state index contributed by atoms with van der Waals surface area (Å²) >= 11 is 7.02. The molecule has 1 saturated heterocycles. The maximum atomic E-state index is 10.5. The Labute approximate surface area is 161 Å². The van der Waals surface area contributed by atoms with E-state index in [1.165, 1.54) is 19.3 Å². The average Bonchev–Trinajstić information content (AvgIpc) is 2.39. The predicted octanol–water partition coefficient (Wildman–Crippen LogP) is 4.51. The van der Waals surface area contributed by atoms with Crippen LogP contribution in [0.25, 0.3) is 0 Å². The summed E-state index contributed by atoms with van der Waals surface area (Å²) in [5, 5.41) is 13.9. The zero-order chi connectivity index (χ0) is 14.1. The average molecular weight is 477 g/mol. The fourth-order valence-corrected chi connectivity index (χ4v) is 4.53. The summed E-state index contributed by atoms with van der Waals surface area (Å²) in [7, 11) is 0. The number of halogens is 4. The lowest BCUT2D eigenvalue weighted by Crippen LogP contribution is -2.47. The van der Waals surface area contributed by atoms with E-state index in [1.54, 1.807) is 0 Å². The quantitative estimate of drug-likeness (QED) is 0.674. The summed E-state index contributed by atoms with van der Waals surface area (Å²) in [6, 6.07) is 4.35. The molecule has 3 rings (SSSR count). The first-order valence-corrected chi connectivity index (χ1v) is 8.88. The van der Waals surface area contributed by atoms with Crippen molar-refractivity contribution in [3.63, 3.8) is 0 Å². The molecule has 1 aromatic rings. The minimum Gasteiger partial charge on any atom is -0.506 e. The van der Waals surface area contributed by atoms with E-state index < -0.39 is 0 Å². The van der Waals surface area contributed by atoms with Gasteiger partial charge in [-0.25, -0.2) is 0 Å². The van der Waals surface area contributed by atoms with Crippen molar-refractivity contribution in [2.75, 3.05) is 26.2 Å². The van der Waals surface area contributed by atoms with Gasteiger partial charge < -0.3 is 10.4 Å². The van der Waals surface area contributed by atoms with Crippen molar-refractivity contribution in [2.24, 2.45) is 5.92 Å². The lowest BCUT2D eigenvalue weighted by Gasteiger charge is -2.43. The molecule has 1 heterocycles. The van der Waals surface area contributed by atoms with Gasteiger partial charge in [-0.1, -0.05) is 22.4 Å². The second-order valence-corrected chi connectivity index (χ2v) is 7.52. The normalized spacial score (nSPS) is 20.5. The Balaban J connectivity index is 0.00000121. The zero-order valence-corrected chi connectivity index (χ0v) is 17.0. The highest BCUT2D eigenvalue weighted by molar-refractivity contribution is 9.11. The Morgan fingerprint density at radius 1 is 1.14 bits per heavy atom. The van der Waals surface area contributed by atoms with Gasteiger partial charge in [-0.05, 0) is 46.8 Å². The largest absolute Gasteiger partial charge is 0.506 e. The highest BCUT2D eigenvalue weighted by atomic mass is 79.9. The van der Waals surface area contributed by atoms with Crippen LogP contribution in [0.1, 0.15) is 30.9 Å². The Morgan fingerprint density at radius 2 is 1.77 bits per heavy atom. The number of rotatable bonds is 3. The number of nitrogens with one attached hydrogen (secondary N) is 1. The second-order valence-electron chi connectivity index (χ2n) is 5.75. The Hall–Kier alpha value is 0.480. The molecule has 2 fully saturated rings. The van der Waals surface area contributed by atoms with Crippen LogP contribution in [-0.2, 0) is 0 Å². The monoisotopic (exact) mass is 474 g/mol. The van der Waals surface area contributed by atoms with Crippen LogP contribution in [0.3, 0.4) is 0 Å². The van der Waals surface area contributed by atoms with Crippen LogP contribution < -0.4 is 5.32 Å². The number of phenols is 1. The topological polar surface area (TPSA) is 35.5 Å². The first-order chi connectivity index (χ1) is 9.66. The van der Waals surface area contributed by atoms with E-state index in [0.29, 0.717) is 17.7 Å². The number of hydrogen-bond donors (Lipinski definition) is 2.